The van der Waals surface area contributed by atoms with Crippen molar-refractivity contribution >= 4 is 66.0 Å². The molecule has 6 aromatic rings. The van der Waals surface area contributed by atoms with Gasteiger partial charge in [0.25, 0.3) is 11.8 Å². The lowest BCUT2D eigenvalue weighted by Crippen LogP contribution is -2.22. The number of rotatable bonds is 5. The van der Waals surface area contributed by atoms with E-state index in [2.05, 4.69) is 28.3 Å². The highest BCUT2D eigenvalue weighted by molar-refractivity contribution is 7.17. The van der Waals surface area contributed by atoms with Crippen LogP contribution in [0, 0.1) is 0 Å². The van der Waals surface area contributed by atoms with Gasteiger partial charge in [0, 0.05) is 31.9 Å². The Morgan fingerprint density at radius 3 is 1.86 bits per heavy atom. The number of carbonyl (C=O) groups is 2. The summed E-state index contributed by atoms with van der Waals surface area (Å²) in [5.74, 6) is 0.652. The quantitative estimate of drug-likeness (QED) is 0.192. The molecule has 0 saturated heterocycles. The van der Waals surface area contributed by atoms with E-state index in [1.807, 2.05) is 58.8 Å². The normalized spacial score (nSPS) is 13.8. The van der Waals surface area contributed by atoms with Gasteiger partial charge in [-0.3, -0.25) is 9.59 Å². The Hall–Kier alpha value is -4.80. The second kappa shape index (κ2) is 11.4. The number of benzene rings is 4. The Kier molecular flexibility index (Phi) is 7.23. The van der Waals surface area contributed by atoms with Crippen LogP contribution in [0.15, 0.2) is 95.7 Å². The highest BCUT2D eigenvalue weighted by Gasteiger charge is 2.30. The van der Waals surface area contributed by atoms with Crippen LogP contribution in [-0.4, -0.2) is 25.5 Å². The Morgan fingerprint density at radius 2 is 1.25 bits per heavy atom. The van der Waals surface area contributed by atoms with Gasteiger partial charge in [-0.15, -0.1) is 22.7 Å². The van der Waals surface area contributed by atoms with Crippen LogP contribution in [0.1, 0.15) is 31.8 Å². The van der Waals surface area contributed by atoms with E-state index in [-0.39, 0.29) is 17.6 Å². The first-order chi connectivity index (χ1) is 21.4. The standard InChI is InChI=1S/C17H11F2NO2S.C17H13NO2S/c18-17(19)22-13-4-2-11-9-20(16(21)14(11)8-13)12-3-1-10-5-6-23-15(10)7-12;1-20-14-4-5-15-12(8-14)10-18(17(15)19)13-3-2-11-6-7-21-16(11)9-13/h1-8,17H,9H2;2-9H,10H2,1H3. The van der Waals surface area contributed by atoms with Crippen LogP contribution in [0.25, 0.3) is 20.2 Å². The molecular formula is C34H24F2N2O4S2. The van der Waals surface area contributed by atoms with Gasteiger partial charge in [0.1, 0.15) is 11.5 Å². The van der Waals surface area contributed by atoms with E-state index >= 15 is 0 Å². The third-order valence-corrected chi connectivity index (χ3v) is 9.49. The molecule has 8 rings (SSSR count). The summed E-state index contributed by atoms with van der Waals surface area (Å²) in [6, 6.07) is 26.3. The molecule has 2 aromatic heterocycles. The Morgan fingerprint density at radius 1 is 0.659 bits per heavy atom. The van der Waals surface area contributed by atoms with Gasteiger partial charge in [-0.25, -0.2) is 0 Å². The number of methoxy groups -OCH3 is 1. The fraction of sp³-hybridized carbons (Fsp3) is 0.118. The lowest BCUT2D eigenvalue weighted by molar-refractivity contribution is -0.0498. The van der Waals surface area contributed by atoms with Crippen molar-refractivity contribution in [3.63, 3.8) is 0 Å². The minimum Gasteiger partial charge on any atom is -0.497 e. The molecule has 0 radical (unpaired) electrons. The molecular weight excluding hydrogens is 603 g/mol. The largest absolute Gasteiger partial charge is 0.497 e. The van der Waals surface area contributed by atoms with Crippen molar-refractivity contribution in [2.24, 2.45) is 0 Å². The van der Waals surface area contributed by atoms with Crippen LogP contribution in [0.3, 0.4) is 0 Å². The molecule has 2 aliphatic rings. The Labute approximate surface area is 259 Å². The first-order valence-electron chi connectivity index (χ1n) is 13.7. The maximum absolute atomic E-state index is 12.6. The molecule has 10 heteroatoms. The molecule has 0 saturated carbocycles. The summed E-state index contributed by atoms with van der Waals surface area (Å²) in [7, 11) is 1.64. The van der Waals surface area contributed by atoms with Gasteiger partial charge in [0.2, 0.25) is 0 Å². The van der Waals surface area contributed by atoms with Gasteiger partial charge in [0.05, 0.1) is 20.2 Å². The van der Waals surface area contributed by atoms with E-state index in [4.69, 9.17) is 4.74 Å². The first-order valence-corrected chi connectivity index (χ1v) is 15.5. The Balaban J connectivity index is 0.000000143. The zero-order valence-corrected chi connectivity index (χ0v) is 25.0. The molecule has 220 valence electrons. The number of anilines is 2. The summed E-state index contributed by atoms with van der Waals surface area (Å²) in [6.07, 6.45) is 0. The second-order valence-electron chi connectivity index (χ2n) is 10.3. The number of alkyl halides is 2. The van der Waals surface area contributed by atoms with Gasteiger partial charge >= 0.3 is 6.61 Å². The fourth-order valence-corrected chi connectivity index (χ4v) is 7.16. The molecule has 0 aliphatic carbocycles. The van der Waals surface area contributed by atoms with E-state index in [1.165, 1.54) is 22.2 Å². The number of ether oxygens (including phenoxy) is 2. The average Bonchev–Trinajstić information content (AvgIpc) is 3.82. The Bertz CT molecular complexity index is 2050. The van der Waals surface area contributed by atoms with Gasteiger partial charge in [-0.1, -0.05) is 18.2 Å². The summed E-state index contributed by atoms with van der Waals surface area (Å²) in [5, 5.41) is 6.42. The third-order valence-electron chi connectivity index (χ3n) is 7.73. The highest BCUT2D eigenvalue weighted by atomic mass is 32.1. The number of halogens is 2. The molecule has 0 unspecified atom stereocenters. The number of carbonyl (C=O) groups excluding carboxylic acids is 2. The summed E-state index contributed by atoms with van der Waals surface area (Å²) in [6.45, 7) is -1.87. The predicted octanol–water partition coefficient (Wildman–Crippen LogP) is 8.73. The number of thiophene rings is 2. The first kappa shape index (κ1) is 28.0. The van der Waals surface area contributed by atoms with Crippen LogP contribution in [0.4, 0.5) is 20.2 Å². The summed E-state index contributed by atoms with van der Waals surface area (Å²) >= 11 is 3.31. The lowest BCUT2D eigenvalue weighted by Gasteiger charge is -2.15. The maximum Gasteiger partial charge on any atom is 0.387 e. The van der Waals surface area contributed by atoms with Crippen molar-refractivity contribution in [2.75, 3.05) is 16.9 Å². The summed E-state index contributed by atoms with van der Waals surface area (Å²) in [4.78, 5) is 28.6. The van der Waals surface area contributed by atoms with Crippen LogP contribution >= 0.6 is 22.7 Å². The lowest BCUT2D eigenvalue weighted by atomic mass is 10.1. The van der Waals surface area contributed by atoms with Crippen LogP contribution in [-0.2, 0) is 13.1 Å². The third kappa shape index (κ3) is 5.16. The highest BCUT2D eigenvalue weighted by Crippen LogP contribution is 2.35. The zero-order valence-electron chi connectivity index (χ0n) is 23.3. The molecule has 4 heterocycles. The summed E-state index contributed by atoms with van der Waals surface area (Å²) in [5.41, 5.74) is 4.76. The van der Waals surface area contributed by atoms with E-state index in [0.717, 1.165) is 43.9 Å². The molecule has 44 heavy (non-hydrogen) atoms. The van der Waals surface area contributed by atoms with E-state index in [9.17, 15) is 18.4 Å². The molecule has 0 atom stereocenters. The molecule has 2 aliphatic heterocycles. The zero-order chi connectivity index (χ0) is 30.4. The van der Waals surface area contributed by atoms with E-state index in [0.29, 0.717) is 18.7 Å². The number of hydrogen-bond acceptors (Lipinski definition) is 6. The molecule has 0 spiro atoms. The topological polar surface area (TPSA) is 59.1 Å². The van der Waals surface area contributed by atoms with Crippen molar-refractivity contribution in [2.45, 2.75) is 19.7 Å². The monoisotopic (exact) mass is 626 g/mol. The molecule has 4 aromatic carbocycles. The van der Waals surface area contributed by atoms with Crippen molar-refractivity contribution in [3.8, 4) is 11.5 Å². The second-order valence-corrected chi connectivity index (χ2v) is 12.2. The molecule has 2 amide bonds. The summed E-state index contributed by atoms with van der Waals surface area (Å²) < 4.78 is 36.5. The smallest absolute Gasteiger partial charge is 0.387 e. The van der Waals surface area contributed by atoms with Gasteiger partial charge in [0.15, 0.2) is 0 Å². The molecule has 6 nitrogen and oxygen atoms in total. The van der Waals surface area contributed by atoms with Crippen molar-refractivity contribution in [3.05, 3.63) is 118 Å². The van der Waals surface area contributed by atoms with Crippen LogP contribution < -0.4 is 19.3 Å². The SMILES string of the molecule is COc1ccc2c(c1)CN(c1ccc3ccsc3c1)C2=O.O=C1c2cc(OC(F)F)ccc2CN1c1ccc2ccsc2c1. The number of hydrogen-bond donors (Lipinski definition) is 0. The van der Waals surface area contributed by atoms with Crippen molar-refractivity contribution in [1.82, 2.24) is 0 Å². The van der Waals surface area contributed by atoms with E-state index < -0.39 is 6.61 Å². The maximum atomic E-state index is 12.6. The van der Waals surface area contributed by atoms with Crippen LogP contribution in [0.5, 0.6) is 11.5 Å². The van der Waals surface area contributed by atoms with Gasteiger partial charge < -0.3 is 19.3 Å². The van der Waals surface area contributed by atoms with Crippen molar-refractivity contribution < 1.29 is 27.8 Å². The molecule has 0 bridgehead atoms. The van der Waals surface area contributed by atoms with Crippen molar-refractivity contribution in [1.29, 1.82) is 0 Å². The van der Waals surface area contributed by atoms with E-state index in [1.54, 1.807) is 40.7 Å². The average molecular weight is 627 g/mol. The minimum absolute atomic E-state index is 0.00246. The number of amides is 2. The molecule has 0 fully saturated rings. The number of fused-ring (bicyclic) bond motifs is 4. The molecule has 0 N–H and O–H groups in total. The predicted molar refractivity (Wildman–Crippen MR) is 171 cm³/mol. The fourth-order valence-electron chi connectivity index (χ4n) is 5.52. The van der Waals surface area contributed by atoms with Crippen LogP contribution in [0.2, 0.25) is 0 Å². The number of nitrogens with zero attached hydrogens (tertiary/aromatic N) is 2. The minimum atomic E-state index is -2.90. The van der Waals surface area contributed by atoms with Gasteiger partial charge in [-0.05, 0) is 99.4 Å². The van der Waals surface area contributed by atoms with Gasteiger partial charge in [-0.2, -0.15) is 8.78 Å².